The molecule has 1 aromatic heterocycles. The lowest BCUT2D eigenvalue weighted by atomic mass is 9.97. The molecule has 0 radical (unpaired) electrons. The Kier molecular flexibility index (Phi) is 4.51. The number of pyridine rings is 1. The molecule has 1 N–H and O–H groups in total. The predicted molar refractivity (Wildman–Crippen MR) is 88.8 cm³/mol. The van der Waals surface area contributed by atoms with Gasteiger partial charge in [-0.1, -0.05) is 26.0 Å². The van der Waals surface area contributed by atoms with Crippen LogP contribution >= 0.6 is 0 Å². The Balaban J connectivity index is 1.75. The summed E-state index contributed by atoms with van der Waals surface area (Å²) in [6.07, 6.45) is 5.13. The fourth-order valence-electron chi connectivity index (χ4n) is 3.09. The highest BCUT2D eigenvalue weighted by atomic mass is 15.2. The maximum atomic E-state index is 4.41. The molecule has 3 nitrogen and oxygen atoms in total. The minimum absolute atomic E-state index is 0.521. The van der Waals surface area contributed by atoms with E-state index in [-0.39, 0.29) is 0 Å². The third-order valence-electron chi connectivity index (χ3n) is 4.40. The molecule has 1 saturated heterocycles. The molecule has 3 heteroatoms. The van der Waals surface area contributed by atoms with Gasteiger partial charge >= 0.3 is 0 Å². The molecule has 0 amide bonds. The summed E-state index contributed by atoms with van der Waals surface area (Å²) in [4.78, 5) is 6.95. The lowest BCUT2D eigenvalue weighted by Crippen LogP contribution is -2.44. The molecule has 1 fully saturated rings. The maximum absolute atomic E-state index is 4.41. The summed E-state index contributed by atoms with van der Waals surface area (Å²) in [5.41, 5.74) is 2.77. The van der Waals surface area contributed by atoms with Gasteiger partial charge in [-0.15, -0.1) is 0 Å². The average Bonchev–Trinajstić information content (AvgIpc) is 2.53. The molecule has 1 aliphatic heterocycles. The lowest BCUT2D eigenvalue weighted by molar-refractivity contribution is 0.244. The van der Waals surface area contributed by atoms with Gasteiger partial charge in [0.2, 0.25) is 0 Å². The van der Waals surface area contributed by atoms with Crippen molar-refractivity contribution in [2.24, 2.45) is 0 Å². The standard InChI is InChI=1S/C18H25N3/c1-14(2)18-13-20-12-16-11-15(3-4-17(16)18)5-8-21-9-6-19-7-10-21/h3-4,11-14,19H,5-10H2,1-2H3. The van der Waals surface area contributed by atoms with Gasteiger partial charge in [0.05, 0.1) is 0 Å². The quantitative estimate of drug-likeness (QED) is 0.935. The summed E-state index contributed by atoms with van der Waals surface area (Å²) in [5.74, 6) is 0.521. The molecule has 0 spiro atoms. The van der Waals surface area contributed by atoms with E-state index in [4.69, 9.17) is 0 Å². The fourth-order valence-corrected chi connectivity index (χ4v) is 3.09. The van der Waals surface area contributed by atoms with Crippen LogP contribution in [-0.4, -0.2) is 42.6 Å². The molecule has 1 aromatic carbocycles. The highest BCUT2D eigenvalue weighted by Crippen LogP contribution is 2.25. The highest BCUT2D eigenvalue weighted by Gasteiger charge is 2.10. The largest absolute Gasteiger partial charge is 0.314 e. The van der Waals surface area contributed by atoms with Crippen LogP contribution in [0.5, 0.6) is 0 Å². The minimum Gasteiger partial charge on any atom is -0.314 e. The molecule has 0 unspecified atom stereocenters. The molecule has 2 aromatic rings. The number of nitrogens with zero attached hydrogens (tertiary/aromatic N) is 2. The van der Waals surface area contributed by atoms with Crippen molar-refractivity contribution in [3.05, 3.63) is 41.7 Å². The van der Waals surface area contributed by atoms with Gasteiger partial charge in [0.1, 0.15) is 0 Å². The normalized spacial score (nSPS) is 16.7. The van der Waals surface area contributed by atoms with Gasteiger partial charge in [-0.05, 0) is 34.9 Å². The molecular formula is C18H25N3. The fraction of sp³-hybridized carbons (Fsp3) is 0.500. The van der Waals surface area contributed by atoms with Crippen molar-refractivity contribution >= 4 is 10.8 Å². The SMILES string of the molecule is CC(C)c1cncc2cc(CCN3CCNCC3)ccc12. The second-order valence-electron chi connectivity index (χ2n) is 6.28. The van der Waals surface area contributed by atoms with Gasteiger partial charge in [0, 0.05) is 50.5 Å². The van der Waals surface area contributed by atoms with Gasteiger partial charge in [-0.3, -0.25) is 4.98 Å². The van der Waals surface area contributed by atoms with Crippen molar-refractivity contribution in [3.63, 3.8) is 0 Å². The zero-order chi connectivity index (χ0) is 14.7. The molecule has 0 bridgehead atoms. The van der Waals surface area contributed by atoms with Crippen LogP contribution in [0.15, 0.2) is 30.6 Å². The number of fused-ring (bicyclic) bond motifs is 1. The van der Waals surface area contributed by atoms with Crippen LogP contribution in [0.2, 0.25) is 0 Å². The maximum Gasteiger partial charge on any atom is 0.0346 e. The molecule has 2 heterocycles. The Morgan fingerprint density at radius 2 is 2.00 bits per heavy atom. The third-order valence-corrected chi connectivity index (χ3v) is 4.40. The van der Waals surface area contributed by atoms with Crippen LogP contribution in [0.25, 0.3) is 10.8 Å². The Morgan fingerprint density at radius 3 is 2.76 bits per heavy atom. The van der Waals surface area contributed by atoms with Crippen LogP contribution in [0.1, 0.15) is 30.9 Å². The van der Waals surface area contributed by atoms with Crippen LogP contribution in [0.4, 0.5) is 0 Å². The van der Waals surface area contributed by atoms with Gasteiger partial charge in [-0.2, -0.15) is 0 Å². The molecule has 1 aliphatic rings. The van der Waals surface area contributed by atoms with E-state index in [1.165, 1.54) is 35.0 Å². The van der Waals surface area contributed by atoms with E-state index in [1.54, 1.807) is 0 Å². The predicted octanol–water partition coefficient (Wildman–Crippen LogP) is 2.81. The lowest BCUT2D eigenvalue weighted by Gasteiger charge is -2.27. The van der Waals surface area contributed by atoms with Crippen molar-refractivity contribution in [2.75, 3.05) is 32.7 Å². The van der Waals surface area contributed by atoms with Crippen molar-refractivity contribution in [2.45, 2.75) is 26.2 Å². The summed E-state index contributed by atoms with van der Waals surface area (Å²) in [6, 6.07) is 6.88. The monoisotopic (exact) mass is 283 g/mol. The number of aromatic nitrogens is 1. The summed E-state index contributed by atoms with van der Waals surface area (Å²) >= 11 is 0. The first-order valence-corrected chi connectivity index (χ1v) is 8.03. The Labute approximate surface area is 127 Å². The number of hydrogen-bond acceptors (Lipinski definition) is 3. The summed E-state index contributed by atoms with van der Waals surface area (Å²) < 4.78 is 0. The minimum atomic E-state index is 0.521. The number of nitrogens with one attached hydrogen (secondary N) is 1. The Bertz CT molecular complexity index is 600. The second-order valence-corrected chi connectivity index (χ2v) is 6.28. The first-order valence-electron chi connectivity index (χ1n) is 8.03. The molecule has 3 rings (SSSR count). The summed E-state index contributed by atoms with van der Waals surface area (Å²) in [5, 5.41) is 6.03. The number of rotatable bonds is 4. The number of benzene rings is 1. The topological polar surface area (TPSA) is 28.2 Å². The van der Waals surface area contributed by atoms with E-state index in [0.717, 1.165) is 26.1 Å². The summed E-state index contributed by atoms with van der Waals surface area (Å²) in [6.45, 7) is 10.2. The number of hydrogen-bond donors (Lipinski definition) is 1. The Morgan fingerprint density at radius 1 is 1.19 bits per heavy atom. The first kappa shape index (κ1) is 14.5. The molecule has 0 saturated carbocycles. The average molecular weight is 283 g/mol. The second kappa shape index (κ2) is 6.54. The van der Waals surface area contributed by atoms with Crippen molar-refractivity contribution < 1.29 is 0 Å². The van der Waals surface area contributed by atoms with Crippen LogP contribution in [0.3, 0.4) is 0 Å². The van der Waals surface area contributed by atoms with E-state index >= 15 is 0 Å². The van der Waals surface area contributed by atoms with Crippen molar-refractivity contribution in [1.82, 2.24) is 15.2 Å². The molecule has 0 aliphatic carbocycles. The van der Waals surface area contributed by atoms with E-state index in [1.807, 2.05) is 12.4 Å². The van der Waals surface area contributed by atoms with Crippen LogP contribution < -0.4 is 5.32 Å². The smallest absolute Gasteiger partial charge is 0.0346 e. The van der Waals surface area contributed by atoms with Gasteiger partial charge < -0.3 is 10.2 Å². The molecule has 0 atom stereocenters. The summed E-state index contributed by atoms with van der Waals surface area (Å²) in [7, 11) is 0. The molecule has 21 heavy (non-hydrogen) atoms. The van der Waals surface area contributed by atoms with E-state index in [0.29, 0.717) is 5.92 Å². The highest BCUT2D eigenvalue weighted by molar-refractivity contribution is 5.85. The van der Waals surface area contributed by atoms with Crippen molar-refractivity contribution in [3.8, 4) is 0 Å². The third kappa shape index (κ3) is 3.42. The molecule has 112 valence electrons. The van der Waals surface area contributed by atoms with Gasteiger partial charge in [-0.25, -0.2) is 0 Å². The van der Waals surface area contributed by atoms with E-state index in [9.17, 15) is 0 Å². The first-order chi connectivity index (χ1) is 10.2. The van der Waals surface area contributed by atoms with Gasteiger partial charge in [0.25, 0.3) is 0 Å². The zero-order valence-electron chi connectivity index (χ0n) is 13.1. The number of piperazine rings is 1. The van der Waals surface area contributed by atoms with Gasteiger partial charge in [0.15, 0.2) is 0 Å². The van der Waals surface area contributed by atoms with Crippen LogP contribution in [0, 0.1) is 0 Å². The zero-order valence-corrected chi connectivity index (χ0v) is 13.1. The molecular weight excluding hydrogens is 258 g/mol. The van der Waals surface area contributed by atoms with E-state index < -0.39 is 0 Å². The van der Waals surface area contributed by atoms with Crippen LogP contribution in [-0.2, 0) is 6.42 Å². The van der Waals surface area contributed by atoms with Crippen molar-refractivity contribution in [1.29, 1.82) is 0 Å². The van der Waals surface area contributed by atoms with E-state index in [2.05, 4.69) is 47.2 Å². The Hall–Kier alpha value is -1.45.